The predicted molar refractivity (Wildman–Crippen MR) is 71.3 cm³/mol. The molecular formula is C12H14F2N2O4S. The Morgan fingerprint density at radius 3 is 2.67 bits per heavy atom. The summed E-state index contributed by atoms with van der Waals surface area (Å²) in [5, 5.41) is 4.95. The molecule has 6 nitrogen and oxygen atoms in total. The monoisotopic (exact) mass is 320 g/mol. The smallest absolute Gasteiger partial charge is 0.227 e. The van der Waals surface area contributed by atoms with Crippen LogP contribution >= 0.6 is 0 Å². The molecule has 1 amide bonds. The molecule has 9 heteroatoms. The Kier molecular flexibility index (Phi) is 4.15. The molecule has 1 unspecified atom stereocenters. The molecule has 0 aromatic heterocycles. The molecule has 1 aromatic rings. The molecule has 0 spiro atoms. The summed E-state index contributed by atoms with van der Waals surface area (Å²) in [5.41, 5.74) is -0.0584. The molecule has 0 radical (unpaired) electrons. The fourth-order valence-corrected chi connectivity index (χ4v) is 3.28. The van der Waals surface area contributed by atoms with Crippen LogP contribution in [-0.2, 0) is 14.8 Å². The number of carbonyl (C=O) groups excluding carboxylic acids is 1. The van der Waals surface area contributed by atoms with Gasteiger partial charge in [0, 0.05) is 31.0 Å². The Bertz CT molecular complexity index is 678. The van der Waals surface area contributed by atoms with Crippen LogP contribution in [0, 0.1) is 17.6 Å². The van der Waals surface area contributed by atoms with E-state index >= 15 is 0 Å². The number of ether oxygens (including phenoxy) is 1. The molecule has 0 saturated carbocycles. The van der Waals surface area contributed by atoms with Gasteiger partial charge in [0.25, 0.3) is 0 Å². The summed E-state index contributed by atoms with van der Waals surface area (Å²) in [6, 6.07) is 1.61. The summed E-state index contributed by atoms with van der Waals surface area (Å²) in [5.74, 6) is -3.38. The molecule has 1 aliphatic heterocycles. The molecule has 0 aliphatic carbocycles. The number of amides is 1. The zero-order valence-corrected chi connectivity index (χ0v) is 12.0. The van der Waals surface area contributed by atoms with Gasteiger partial charge in [0.2, 0.25) is 15.9 Å². The van der Waals surface area contributed by atoms with Crippen molar-refractivity contribution >= 4 is 21.6 Å². The van der Waals surface area contributed by atoms with E-state index in [2.05, 4.69) is 0 Å². The second-order valence-corrected chi connectivity index (χ2v) is 6.50. The number of rotatable bonds is 4. The third kappa shape index (κ3) is 3.48. The zero-order chi connectivity index (χ0) is 15.8. The Balaban J connectivity index is 2.33. The number of benzene rings is 1. The second kappa shape index (κ2) is 5.57. The largest absolute Gasteiger partial charge is 0.492 e. The fourth-order valence-electron chi connectivity index (χ4n) is 2.40. The molecule has 1 atom stereocenters. The number of halogens is 2. The summed E-state index contributed by atoms with van der Waals surface area (Å²) in [4.78, 5) is 13.1. The normalized spacial score (nSPS) is 19.1. The lowest BCUT2D eigenvalue weighted by atomic mass is 10.1. The average molecular weight is 320 g/mol. The lowest BCUT2D eigenvalue weighted by molar-refractivity contribution is -0.117. The quantitative estimate of drug-likeness (QED) is 0.880. The first-order chi connectivity index (χ1) is 9.71. The van der Waals surface area contributed by atoms with E-state index in [-0.39, 0.29) is 30.2 Å². The molecule has 2 N–H and O–H groups in total. The zero-order valence-electron chi connectivity index (χ0n) is 11.2. The number of hydrogen-bond acceptors (Lipinski definition) is 4. The van der Waals surface area contributed by atoms with E-state index in [4.69, 9.17) is 9.88 Å². The van der Waals surface area contributed by atoms with Crippen LogP contribution in [0.25, 0.3) is 0 Å². The van der Waals surface area contributed by atoms with Crippen molar-refractivity contribution in [2.24, 2.45) is 11.1 Å². The summed E-state index contributed by atoms with van der Waals surface area (Å²) in [6.45, 7) is 0.00845. The van der Waals surface area contributed by atoms with Gasteiger partial charge in [-0.2, -0.15) is 0 Å². The van der Waals surface area contributed by atoms with Gasteiger partial charge in [-0.15, -0.1) is 0 Å². The summed E-state index contributed by atoms with van der Waals surface area (Å²) in [6.07, 6.45) is -0.0578. The molecule has 1 aromatic carbocycles. The van der Waals surface area contributed by atoms with Crippen molar-refractivity contribution in [3.05, 3.63) is 23.8 Å². The topological polar surface area (TPSA) is 89.7 Å². The molecule has 1 fully saturated rings. The van der Waals surface area contributed by atoms with Gasteiger partial charge in [-0.3, -0.25) is 4.79 Å². The van der Waals surface area contributed by atoms with Crippen molar-refractivity contribution in [2.75, 3.05) is 24.3 Å². The van der Waals surface area contributed by atoms with E-state index < -0.39 is 33.5 Å². The van der Waals surface area contributed by atoms with Crippen LogP contribution in [0.3, 0.4) is 0 Å². The highest BCUT2D eigenvalue weighted by Gasteiger charge is 2.35. The first-order valence-corrected chi connectivity index (χ1v) is 7.76. The Labute approximate surface area is 120 Å². The van der Waals surface area contributed by atoms with Crippen molar-refractivity contribution in [3.8, 4) is 5.75 Å². The van der Waals surface area contributed by atoms with E-state index in [0.29, 0.717) is 6.07 Å². The number of hydrogen-bond donors (Lipinski definition) is 1. The third-order valence-corrected chi connectivity index (χ3v) is 4.09. The molecular weight excluding hydrogens is 306 g/mol. The highest BCUT2D eigenvalue weighted by Crippen LogP contribution is 2.36. The minimum absolute atomic E-state index is 0.00845. The number of sulfonamides is 1. The van der Waals surface area contributed by atoms with Gasteiger partial charge in [-0.1, -0.05) is 0 Å². The second-order valence-electron chi connectivity index (χ2n) is 4.84. The van der Waals surface area contributed by atoms with Gasteiger partial charge in [0.15, 0.2) is 11.6 Å². The van der Waals surface area contributed by atoms with E-state index in [9.17, 15) is 22.0 Å². The average Bonchev–Trinajstić information content (AvgIpc) is 2.66. The predicted octanol–water partition coefficient (Wildman–Crippen LogP) is 0.615. The lowest BCUT2D eigenvalue weighted by Crippen LogP contribution is -2.28. The third-order valence-electron chi connectivity index (χ3n) is 3.16. The van der Waals surface area contributed by atoms with E-state index in [1.165, 1.54) is 7.11 Å². The van der Waals surface area contributed by atoms with Gasteiger partial charge in [-0.05, 0) is 0 Å². The highest BCUT2D eigenvalue weighted by molar-refractivity contribution is 7.89. The summed E-state index contributed by atoms with van der Waals surface area (Å²) >= 11 is 0. The molecule has 21 heavy (non-hydrogen) atoms. The number of methoxy groups -OCH3 is 1. The van der Waals surface area contributed by atoms with Crippen LogP contribution in [0.2, 0.25) is 0 Å². The number of nitrogens with two attached hydrogens (primary N) is 1. The van der Waals surface area contributed by atoms with E-state index in [0.717, 1.165) is 11.0 Å². The van der Waals surface area contributed by atoms with Crippen molar-refractivity contribution in [3.63, 3.8) is 0 Å². The molecule has 116 valence electrons. The lowest BCUT2D eigenvalue weighted by Gasteiger charge is -2.20. The molecule has 1 heterocycles. The van der Waals surface area contributed by atoms with E-state index in [1.54, 1.807) is 0 Å². The molecule has 1 saturated heterocycles. The van der Waals surface area contributed by atoms with Crippen LogP contribution in [0.15, 0.2) is 12.1 Å². The van der Waals surface area contributed by atoms with E-state index in [1.807, 2.05) is 0 Å². The SMILES string of the molecule is COc1c(F)cc(F)cc1N1CC(CS(N)(=O)=O)CC1=O. The van der Waals surface area contributed by atoms with Gasteiger partial charge >= 0.3 is 0 Å². The van der Waals surface area contributed by atoms with Crippen molar-refractivity contribution in [1.29, 1.82) is 0 Å². The van der Waals surface area contributed by atoms with Crippen molar-refractivity contribution < 1.29 is 26.7 Å². The number of anilines is 1. The fraction of sp³-hybridized carbons (Fsp3) is 0.417. The van der Waals surface area contributed by atoms with Gasteiger partial charge < -0.3 is 9.64 Å². The van der Waals surface area contributed by atoms with Crippen molar-refractivity contribution in [2.45, 2.75) is 6.42 Å². The molecule has 1 aliphatic rings. The number of carbonyl (C=O) groups is 1. The number of primary sulfonamides is 1. The van der Waals surface area contributed by atoms with Crippen LogP contribution < -0.4 is 14.8 Å². The Morgan fingerprint density at radius 2 is 2.10 bits per heavy atom. The molecule has 2 rings (SSSR count). The summed E-state index contributed by atoms with van der Waals surface area (Å²) < 4.78 is 54.0. The maximum atomic E-state index is 13.6. The van der Waals surface area contributed by atoms with Gasteiger partial charge in [0.05, 0.1) is 18.6 Å². The minimum Gasteiger partial charge on any atom is -0.492 e. The number of nitrogens with zero attached hydrogens (tertiary/aromatic N) is 1. The van der Waals surface area contributed by atoms with Crippen LogP contribution in [0.4, 0.5) is 14.5 Å². The highest BCUT2D eigenvalue weighted by atomic mass is 32.2. The maximum absolute atomic E-state index is 13.6. The standard InChI is InChI=1S/C12H14F2N2O4S/c1-20-12-9(14)3-8(13)4-10(12)16-5-7(2-11(16)17)6-21(15,18)19/h3-4,7H,2,5-6H2,1H3,(H2,15,18,19). The van der Waals surface area contributed by atoms with Crippen LogP contribution in [0.1, 0.15) is 6.42 Å². The first kappa shape index (κ1) is 15.6. The first-order valence-electron chi connectivity index (χ1n) is 6.05. The van der Waals surface area contributed by atoms with Gasteiger partial charge in [0.1, 0.15) is 5.82 Å². The Morgan fingerprint density at radius 1 is 1.43 bits per heavy atom. The summed E-state index contributed by atoms with van der Waals surface area (Å²) in [7, 11) is -2.53. The van der Waals surface area contributed by atoms with Gasteiger partial charge in [-0.25, -0.2) is 22.3 Å². The molecule has 0 bridgehead atoms. The van der Waals surface area contributed by atoms with Crippen LogP contribution in [-0.4, -0.2) is 33.7 Å². The van der Waals surface area contributed by atoms with Crippen molar-refractivity contribution in [1.82, 2.24) is 0 Å². The maximum Gasteiger partial charge on any atom is 0.227 e. The Hall–Kier alpha value is -1.74. The van der Waals surface area contributed by atoms with Crippen LogP contribution in [0.5, 0.6) is 5.75 Å². The minimum atomic E-state index is -3.73.